The van der Waals surface area contributed by atoms with Crippen molar-refractivity contribution in [2.75, 3.05) is 6.54 Å². The topological polar surface area (TPSA) is 72.9 Å². The molecule has 0 radical (unpaired) electrons. The average molecular weight is 307 g/mol. The number of aromatic nitrogens is 2. The van der Waals surface area contributed by atoms with E-state index in [0.29, 0.717) is 23.8 Å². The Bertz CT molecular complexity index is 594. The van der Waals surface area contributed by atoms with Crippen molar-refractivity contribution in [3.8, 4) is 0 Å². The number of halogens is 1. The van der Waals surface area contributed by atoms with Crippen LogP contribution in [0.25, 0.3) is 0 Å². The summed E-state index contributed by atoms with van der Waals surface area (Å²) in [5.41, 5.74) is 6.90. The Balaban J connectivity index is 2.06. The summed E-state index contributed by atoms with van der Waals surface area (Å²) in [5.74, 6) is -0.187. The first-order valence-corrected chi connectivity index (χ1v) is 7.30. The number of carbonyl (C=O) groups excluding carboxylic acids is 1. The van der Waals surface area contributed by atoms with Gasteiger partial charge < -0.3 is 15.6 Å². The van der Waals surface area contributed by atoms with Gasteiger partial charge in [-0.05, 0) is 24.1 Å². The minimum atomic E-state index is -0.187. The molecule has 5 nitrogen and oxygen atoms in total. The zero-order valence-electron chi connectivity index (χ0n) is 11.9. The molecule has 0 saturated carbocycles. The molecule has 1 aromatic heterocycles. The van der Waals surface area contributed by atoms with Crippen molar-refractivity contribution in [1.29, 1.82) is 0 Å². The maximum absolute atomic E-state index is 12.2. The van der Waals surface area contributed by atoms with E-state index in [-0.39, 0.29) is 11.9 Å². The van der Waals surface area contributed by atoms with Crippen LogP contribution < -0.4 is 11.1 Å². The molecule has 0 saturated heterocycles. The first-order chi connectivity index (χ1) is 10.1. The highest BCUT2D eigenvalue weighted by atomic mass is 35.5. The Kier molecular flexibility index (Phi) is 5.36. The van der Waals surface area contributed by atoms with Crippen LogP contribution in [-0.4, -0.2) is 22.0 Å². The van der Waals surface area contributed by atoms with Crippen molar-refractivity contribution < 1.29 is 4.79 Å². The number of amides is 1. The molecular weight excluding hydrogens is 288 g/mol. The second-order valence-electron chi connectivity index (χ2n) is 4.77. The van der Waals surface area contributed by atoms with Crippen molar-refractivity contribution in [3.05, 3.63) is 53.1 Å². The molecule has 1 heterocycles. The predicted molar refractivity (Wildman–Crippen MR) is 83.2 cm³/mol. The molecule has 0 bridgehead atoms. The number of hydrogen-bond donors (Lipinski definition) is 2. The standard InChI is InChI=1S/C15H19ClN4O/c1-2-13(11-3-5-12(16)6-4-11)19-15(21)14-9-20(8-7-17)10-18-14/h3-6,9-10,13H,2,7-8,17H2,1H3,(H,19,21). The van der Waals surface area contributed by atoms with E-state index in [1.54, 1.807) is 17.1 Å². The van der Waals surface area contributed by atoms with Gasteiger partial charge in [0.2, 0.25) is 0 Å². The van der Waals surface area contributed by atoms with Crippen LogP contribution in [-0.2, 0) is 6.54 Å². The van der Waals surface area contributed by atoms with Gasteiger partial charge in [-0.15, -0.1) is 0 Å². The van der Waals surface area contributed by atoms with Gasteiger partial charge in [0.05, 0.1) is 12.4 Å². The van der Waals surface area contributed by atoms with E-state index in [1.165, 1.54) is 0 Å². The minimum Gasteiger partial charge on any atom is -0.344 e. The predicted octanol–water partition coefficient (Wildman–Crippen LogP) is 2.38. The molecule has 3 N–H and O–H groups in total. The average Bonchev–Trinajstić information content (AvgIpc) is 2.95. The Morgan fingerprint density at radius 3 is 2.76 bits per heavy atom. The summed E-state index contributed by atoms with van der Waals surface area (Å²) in [6, 6.07) is 7.42. The summed E-state index contributed by atoms with van der Waals surface area (Å²) in [6.07, 6.45) is 4.11. The van der Waals surface area contributed by atoms with Crippen molar-refractivity contribution >= 4 is 17.5 Å². The van der Waals surface area contributed by atoms with E-state index in [2.05, 4.69) is 10.3 Å². The second kappa shape index (κ2) is 7.24. The Hall–Kier alpha value is -1.85. The van der Waals surface area contributed by atoms with E-state index < -0.39 is 0 Å². The van der Waals surface area contributed by atoms with E-state index in [1.807, 2.05) is 31.2 Å². The zero-order valence-corrected chi connectivity index (χ0v) is 12.7. The number of rotatable bonds is 6. The molecule has 1 aromatic carbocycles. The lowest BCUT2D eigenvalue weighted by atomic mass is 10.0. The van der Waals surface area contributed by atoms with Gasteiger partial charge in [-0.25, -0.2) is 4.98 Å². The van der Waals surface area contributed by atoms with Crippen LogP contribution in [0.2, 0.25) is 5.02 Å². The molecule has 112 valence electrons. The smallest absolute Gasteiger partial charge is 0.271 e. The fraction of sp³-hybridized carbons (Fsp3) is 0.333. The Morgan fingerprint density at radius 1 is 1.43 bits per heavy atom. The highest BCUT2D eigenvalue weighted by molar-refractivity contribution is 6.30. The quantitative estimate of drug-likeness (QED) is 0.860. The summed E-state index contributed by atoms with van der Waals surface area (Å²) < 4.78 is 1.80. The van der Waals surface area contributed by atoms with Crippen LogP contribution in [0, 0.1) is 0 Å². The number of nitrogens with one attached hydrogen (secondary N) is 1. The number of carbonyl (C=O) groups is 1. The monoisotopic (exact) mass is 306 g/mol. The molecule has 0 spiro atoms. The van der Waals surface area contributed by atoms with Gasteiger partial charge in [0.25, 0.3) is 5.91 Å². The molecule has 6 heteroatoms. The molecule has 1 unspecified atom stereocenters. The van der Waals surface area contributed by atoms with E-state index >= 15 is 0 Å². The van der Waals surface area contributed by atoms with Crippen LogP contribution in [0.3, 0.4) is 0 Å². The van der Waals surface area contributed by atoms with Gasteiger partial charge in [-0.2, -0.15) is 0 Å². The van der Waals surface area contributed by atoms with Crippen LogP contribution in [0.1, 0.15) is 35.4 Å². The highest BCUT2D eigenvalue weighted by Crippen LogP contribution is 2.19. The van der Waals surface area contributed by atoms with Crippen LogP contribution in [0.15, 0.2) is 36.8 Å². The third-order valence-electron chi connectivity index (χ3n) is 3.24. The molecule has 0 aliphatic carbocycles. The van der Waals surface area contributed by atoms with E-state index in [4.69, 9.17) is 17.3 Å². The number of nitrogens with zero attached hydrogens (tertiary/aromatic N) is 2. The molecule has 2 rings (SSSR count). The maximum Gasteiger partial charge on any atom is 0.271 e. The normalized spacial score (nSPS) is 12.1. The van der Waals surface area contributed by atoms with E-state index in [9.17, 15) is 4.79 Å². The van der Waals surface area contributed by atoms with Crippen molar-refractivity contribution in [2.24, 2.45) is 5.73 Å². The lowest BCUT2D eigenvalue weighted by Crippen LogP contribution is -2.28. The van der Waals surface area contributed by atoms with Gasteiger partial charge in [-0.1, -0.05) is 30.7 Å². The number of hydrogen-bond acceptors (Lipinski definition) is 3. The second-order valence-corrected chi connectivity index (χ2v) is 5.21. The van der Waals surface area contributed by atoms with Gasteiger partial charge in [0.15, 0.2) is 0 Å². The number of nitrogens with two attached hydrogens (primary N) is 1. The van der Waals surface area contributed by atoms with Crippen molar-refractivity contribution in [1.82, 2.24) is 14.9 Å². The van der Waals surface area contributed by atoms with Crippen LogP contribution in [0.4, 0.5) is 0 Å². The highest BCUT2D eigenvalue weighted by Gasteiger charge is 2.15. The lowest BCUT2D eigenvalue weighted by Gasteiger charge is -2.16. The molecule has 1 atom stereocenters. The van der Waals surface area contributed by atoms with Crippen molar-refractivity contribution in [3.63, 3.8) is 0 Å². The van der Waals surface area contributed by atoms with Crippen molar-refractivity contribution in [2.45, 2.75) is 25.9 Å². The zero-order chi connectivity index (χ0) is 15.2. The molecular formula is C15H19ClN4O. The molecule has 21 heavy (non-hydrogen) atoms. The summed E-state index contributed by atoms with van der Waals surface area (Å²) in [4.78, 5) is 16.3. The fourth-order valence-electron chi connectivity index (χ4n) is 2.10. The SMILES string of the molecule is CCC(NC(=O)c1cn(CCN)cn1)c1ccc(Cl)cc1. The Morgan fingerprint density at radius 2 is 2.14 bits per heavy atom. The van der Waals surface area contributed by atoms with Gasteiger partial charge in [0.1, 0.15) is 5.69 Å². The Labute approximate surface area is 129 Å². The summed E-state index contributed by atoms with van der Waals surface area (Å²) >= 11 is 5.88. The minimum absolute atomic E-state index is 0.0607. The molecule has 2 aromatic rings. The summed E-state index contributed by atoms with van der Waals surface area (Å²) in [7, 11) is 0. The molecule has 0 aliphatic rings. The van der Waals surface area contributed by atoms with Crippen LogP contribution >= 0.6 is 11.6 Å². The lowest BCUT2D eigenvalue weighted by molar-refractivity contribution is 0.0931. The fourth-order valence-corrected chi connectivity index (χ4v) is 2.22. The first-order valence-electron chi connectivity index (χ1n) is 6.92. The summed E-state index contributed by atoms with van der Waals surface area (Å²) in [6.45, 7) is 3.18. The van der Waals surface area contributed by atoms with Gasteiger partial charge in [-0.3, -0.25) is 4.79 Å². The van der Waals surface area contributed by atoms with Gasteiger partial charge in [0, 0.05) is 24.3 Å². The largest absolute Gasteiger partial charge is 0.344 e. The summed E-state index contributed by atoms with van der Waals surface area (Å²) in [5, 5.41) is 3.67. The third-order valence-corrected chi connectivity index (χ3v) is 3.49. The van der Waals surface area contributed by atoms with E-state index in [0.717, 1.165) is 12.0 Å². The molecule has 0 fully saturated rings. The number of benzene rings is 1. The molecule has 0 aliphatic heterocycles. The van der Waals surface area contributed by atoms with Crippen LogP contribution in [0.5, 0.6) is 0 Å². The number of imidazole rings is 1. The first kappa shape index (κ1) is 15.5. The molecule has 1 amide bonds. The third kappa shape index (κ3) is 4.06. The maximum atomic E-state index is 12.2. The van der Waals surface area contributed by atoms with Gasteiger partial charge >= 0.3 is 0 Å².